The molecular weight excluding hydrogens is 366 g/mol. The zero-order chi connectivity index (χ0) is 20.1. The SMILES string of the molecule is O=C(CC1CCCCC1)N1CCCC(N(CCN2CCOCC2)C(=O)C2CC2)C1. The highest BCUT2D eigenvalue weighted by Gasteiger charge is 2.38. The van der Waals surface area contributed by atoms with E-state index in [0.717, 1.165) is 84.6 Å². The third-order valence-corrected chi connectivity index (χ3v) is 7.35. The van der Waals surface area contributed by atoms with Crippen molar-refractivity contribution in [3.63, 3.8) is 0 Å². The molecule has 0 aromatic rings. The second-order valence-corrected chi connectivity index (χ2v) is 9.60. The maximum Gasteiger partial charge on any atom is 0.226 e. The molecule has 0 aromatic carbocycles. The van der Waals surface area contributed by atoms with Gasteiger partial charge in [-0.15, -0.1) is 0 Å². The molecule has 29 heavy (non-hydrogen) atoms. The summed E-state index contributed by atoms with van der Waals surface area (Å²) in [7, 11) is 0. The van der Waals surface area contributed by atoms with Gasteiger partial charge in [0.25, 0.3) is 0 Å². The fraction of sp³-hybridized carbons (Fsp3) is 0.913. The van der Waals surface area contributed by atoms with E-state index in [1.807, 2.05) is 0 Å². The Labute approximate surface area is 175 Å². The first kappa shape index (κ1) is 21.1. The fourth-order valence-corrected chi connectivity index (χ4v) is 5.31. The molecule has 0 aromatic heterocycles. The normalized spacial score (nSPS) is 27.0. The van der Waals surface area contributed by atoms with Gasteiger partial charge in [-0.1, -0.05) is 19.3 Å². The van der Waals surface area contributed by atoms with Crippen molar-refractivity contribution in [2.24, 2.45) is 11.8 Å². The van der Waals surface area contributed by atoms with Gasteiger partial charge >= 0.3 is 0 Å². The zero-order valence-electron chi connectivity index (χ0n) is 18.0. The molecule has 4 rings (SSSR count). The molecule has 1 atom stereocenters. The van der Waals surface area contributed by atoms with E-state index < -0.39 is 0 Å². The summed E-state index contributed by atoms with van der Waals surface area (Å²) in [5.74, 6) is 1.49. The van der Waals surface area contributed by atoms with Crippen LogP contribution < -0.4 is 0 Å². The molecule has 164 valence electrons. The first-order valence-electron chi connectivity index (χ1n) is 12.1. The molecule has 4 fully saturated rings. The van der Waals surface area contributed by atoms with E-state index in [4.69, 9.17) is 4.74 Å². The highest BCUT2D eigenvalue weighted by Crippen LogP contribution is 2.33. The van der Waals surface area contributed by atoms with Crippen LogP contribution in [0.25, 0.3) is 0 Å². The topological polar surface area (TPSA) is 53.1 Å². The Balaban J connectivity index is 1.33. The Morgan fingerprint density at radius 2 is 1.66 bits per heavy atom. The number of amides is 2. The average molecular weight is 406 g/mol. The molecule has 2 saturated carbocycles. The lowest BCUT2D eigenvalue weighted by atomic mass is 9.86. The van der Waals surface area contributed by atoms with Gasteiger partial charge in [0.15, 0.2) is 0 Å². The molecule has 0 radical (unpaired) electrons. The van der Waals surface area contributed by atoms with Gasteiger partial charge in [0.2, 0.25) is 11.8 Å². The lowest BCUT2D eigenvalue weighted by molar-refractivity contribution is -0.141. The monoisotopic (exact) mass is 405 g/mol. The standard InChI is InChI=1S/C23H39N3O3/c27-22(17-19-5-2-1-3-6-19)25-10-4-7-21(18-25)26(23(28)20-8-9-20)12-11-24-13-15-29-16-14-24/h19-21H,1-18H2. The van der Waals surface area contributed by atoms with Crippen molar-refractivity contribution in [2.45, 2.75) is 70.3 Å². The third-order valence-electron chi connectivity index (χ3n) is 7.35. The van der Waals surface area contributed by atoms with Crippen LogP contribution in [0.2, 0.25) is 0 Å². The predicted molar refractivity (Wildman–Crippen MR) is 112 cm³/mol. The van der Waals surface area contributed by atoms with Gasteiger partial charge in [0, 0.05) is 57.6 Å². The summed E-state index contributed by atoms with van der Waals surface area (Å²) in [5, 5.41) is 0. The highest BCUT2D eigenvalue weighted by atomic mass is 16.5. The molecule has 2 aliphatic heterocycles. The quantitative estimate of drug-likeness (QED) is 0.653. The van der Waals surface area contributed by atoms with Crippen molar-refractivity contribution in [3.8, 4) is 0 Å². The Morgan fingerprint density at radius 1 is 0.897 bits per heavy atom. The molecule has 2 aliphatic carbocycles. The van der Waals surface area contributed by atoms with Crippen LogP contribution in [-0.2, 0) is 14.3 Å². The number of hydrogen-bond acceptors (Lipinski definition) is 4. The molecule has 0 spiro atoms. The molecule has 0 bridgehead atoms. The van der Waals surface area contributed by atoms with Gasteiger partial charge in [-0.25, -0.2) is 0 Å². The minimum atomic E-state index is 0.202. The molecule has 6 nitrogen and oxygen atoms in total. The number of carbonyl (C=O) groups is 2. The second kappa shape index (κ2) is 10.3. The van der Waals surface area contributed by atoms with Crippen LogP contribution in [0, 0.1) is 11.8 Å². The molecule has 4 aliphatic rings. The van der Waals surface area contributed by atoms with Gasteiger partial charge < -0.3 is 14.5 Å². The van der Waals surface area contributed by atoms with Crippen LogP contribution in [0.5, 0.6) is 0 Å². The molecular formula is C23H39N3O3. The summed E-state index contributed by atoms with van der Waals surface area (Å²) in [4.78, 5) is 32.6. The van der Waals surface area contributed by atoms with Crippen LogP contribution in [-0.4, -0.2) is 85.0 Å². The van der Waals surface area contributed by atoms with Crippen molar-refractivity contribution in [1.29, 1.82) is 0 Å². The van der Waals surface area contributed by atoms with E-state index in [1.54, 1.807) is 0 Å². The summed E-state index contributed by atoms with van der Waals surface area (Å²) >= 11 is 0. The molecule has 2 saturated heterocycles. The third kappa shape index (κ3) is 5.94. The average Bonchev–Trinajstić information content (AvgIpc) is 3.61. The smallest absolute Gasteiger partial charge is 0.226 e. The summed E-state index contributed by atoms with van der Waals surface area (Å²) < 4.78 is 5.45. The summed E-state index contributed by atoms with van der Waals surface area (Å²) in [6.45, 7) is 6.85. The summed E-state index contributed by atoms with van der Waals surface area (Å²) in [6.07, 6.45) is 11.2. The summed E-state index contributed by atoms with van der Waals surface area (Å²) in [6, 6.07) is 0.202. The van der Waals surface area contributed by atoms with Crippen LogP contribution in [0.1, 0.15) is 64.2 Å². The Kier molecular flexibility index (Phi) is 7.46. The van der Waals surface area contributed by atoms with Gasteiger partial charge in [-0.05, 0) is 44.4 Å². The van der Waals surface area contributed by atoms with E-state index >= 15 is 0 Å². The number of piperidine rings is 1. The van der Waals surface area contributed by atoms with Crippen molar-refractivity contribution in [2.75, 3.05) is 52.5 Å². The van der Waals surface area contributed by atoms with Gasteiger partial charge in [-0.2, -0.15) is 0 Å². The number of likely N-dealkylation sites (tertiary alicyclic amines) is 1. The van der Waals surface area contributed by atoms with Crippen molar-refractivity contribution >= 4 is 11.8 Å². The molecule has 1 unspecified atom stereocenters. The molecule has 2 amide bonds. The second-order valence-electron chi connectivity index (χ2n) is 9.60. The van der Waals surface area contributed by atoms with E-state index in [1.165, 1.54) is 32.1 Å². The highest BCUT2D eigenvalue weighted by molar-refractivity contribution is 5.81. The van der Waals surface area contributed by atoms with Crippen LogP contribution >= 0.6 is 0 Å². The van der Waals surface area contributed by atoms with E-state index in [0.29, 0.717) is 17.7 Å². The Hall–Kier alpha value is -1.14. The predicted octanol–water partition coefficient (Wildman–Crippen LogP) is 2.52. The lowest BCUT2D eigenvalue weighted by Crippen LogP contribution is -2.54. The minimum absolute atomic E-state index is 0.202. The number of morpholine rings is 1. The first-order valence-corrected chi connectivity index (χ1v) is 12.1. The maximum absolute atomic E-state index is 13.1. The van der Waals surface area contributed by atoms with Crippen LogP contribution in [0.15, 0.2) is 0 Å². The lowest BCUT2D eigenvalue weighted by Gasteiger charge is -2.41. The number of ether oxygens (including phenoxy) is 1. The van der Waals surface area contributed by atoms with Gasteiger partial charge in [0.1, 0.15) is 0 Å². The molecule has 0 N–H and O–H groups in total. The van der Waals surface area contributed by atoms with Crippen LogP contribution in [0.4, 0.5) is 0 Å². The van der Waals surface area contributed by atoms with E-state index in [9.17, 15) is 9.59 Å². The molecule has 2 heterocycles. The van der Waals surface area contributed by atoms with Crippen molar-refractivity contribution in [3.05, 3.63) is 0 Å². The zero-order valence-corrected chi connectivity index (χ0v) is 18.0. The Bertz CT molecular complexity index is 554. The number of nitrogens with zero attached hydrogens (tertiary/aromatic N) is 3. The number of carbonyl (C=O) groups excluding carboxylic acids is 2. The van der Waals surface area contributed by atoms with Gasteiger partial charge in [0.05, 0.1) is 13.2 Å². The van der Waals surface area contributed by atoms with Crippen LogP contribution in [0.3, 0.4) is 0 Å². The van der Waals surface area contributed by atoms with E-state index in [-0.39, 0.29) is 12.0 Å². The van der Waals surface area contributed by atoms with Crippen molar-refractivity contribution < 1.29 is 14.3 Å². The van der Waals surface area contributed by atoms with Gasteiger partial charge in [-0.3, -0.25) is 14.5 Å². The summed E-state index contributed by atoms with van der Waals surface area (Å²) in [5.41, 5.74) is 0. The number of rotatable bonds is 7. The largest absolute Gasteiger partial charge is 0.379 e. The van der Waals surface area contributed by atoms with Crippen molar-refractivity contribution in [1.82, 2.24) is 14.7 Å². The maximum atomic E-state index is 13.1. The Morgan fingerprint density at radius 3 is 2.38 bits per heavy atom. The first-order chi connectivity index (χ1) is 14.2. The molecule has 6 heteroatoms. The number of hydrogen-bond donors (Lipinski definition) is 0. The van der Waals surface area contributed by atoms with E-state index in [2.05, 4.69) is 14.7 Å². The fourth-order valence-electron chi connectivity index (χ4n) is 5.31. The minimum Gasteiger partial charge on any atom is -0.379 e.